The Hall–Kier alpha value is -0.940. The van der Waals surface area contributed by atoms with Crippen molar-refractivity contribution in [1.29, 1.82) is 0 Å². The third-order valence-electron chi connectivity index (χ3n) is 4.19. The Kier molecular flexibility index (Phi) is 6.45. The molecule has 1 heterocycles. The Morgan fingerprint density at radius 2 is 1.95 bits per heavy atom. The van der Waals surface area contributed by atoms with E-state index in [1.807, 2.05) is 4.68 Å². The monoisotopic (exact) mass is 267 g/mol. The first-order chi connectivity index (χ1) is 9.17. The standard InChI is InChI=1S/C14H29N5/c1-5-9-18(14(6-2,7-3)11-15)10-13-16-12-17-19(13)8-4/h12H,5-11,15H2,1-4H3. The fourth-order valence-electron chi connectivity index (χ4n) is 2.71. The van der Waals surface area contributed by atoms with Crippen LogP contribution in [0.25, 0.3) is 0 Å². The minimum absolute atomic E-state index is 0.0839. The average molecular weight is 267 g/mol. The van der Waals surface area contributed by atoms with Crippen LogP contribution in [0.5, 0.6) is 0 Å². The van der Waals surface area contributed by atoms with Gasteiger partial charge in [0.2, 0.25) is 0 Å². The summed E-state index contributed by atoms with van der Waals surface area (Å²) in [5.41, 5.74) is 6.16. The molecule has 0 aromatic carbocycles. The largest absolute Gasteiger partial charge is 0.329 e. The van der Waals surface area contributed by atoms with Gasteiger partial charge in [-0.2, -0.15) is 5.10 Å². The van der Waals surface area contributed by atoms with Gasteiger partial charge < -0.3 is 5.73 Å². The zero-order chi connectivity index (χ0) is 14.3. The second kappa shape index (κ2) is 7.60. The van der Waals surface area contributed by atoms with Crippen LogP contribution in [0.3, 0.4) is 0 Å². The third kappa shape index (κ3) is 3.54. The molecule has 110 valence electrons. The van der Waals surface area contributed by atoms with Gasteiger partial charge in [-0.3, -0.25) is 4.90 Å². The summed E-state index contributed by atoms with van der Waals surface area (Å²) < 4.78 is 1.97. The number of nitrogens with two attached hydrogens (primary N) is 1. The molecule has 1 aromatic rings. The van der Waals surface area contributed by atoms with E-state index in [0.29, 0.717) is 6.54 Å². The Morgan fingerprint density at radius 1 is 1.26 bits per heavy atom. The van der Waals surface area contributed by atoms with Crippen LogP contribution in [0.15, 0.2) is 6.33 Å². The van der Waals surface area contributed by atoms with Crippen LogP contribution < -0.4 is 5.73 Å². The van der Waals surface area contributed by atoms with E-state index in [9.17, 15) is 0 Å². The lowest BCUT2D eigenvalue weighted by Crippen LogP contribution is -2.53. The quantitative estimate of drug-likeness (QED) is 0.743. The van der Waals surface area contributed by atoms with Crippen LogP contribution in [-0.2, 0) is 13.1 Å². The summed E-state index contributed by atoms with van der Waals surface area (Å²) in [4.78, 5) is 6.88. The van der Waals surface area contributed by atoms with Gasteiger partial charge in [-0.1, -0.05) is 20.8 Å². The fraction of sp³-hybridized carbons (Fsp3) is 0.857. The van der Waals surface area contributed by atoms with Crippen LogP contribution in [0.2, 0.25) is 0 Å². The molecule has 2 N–H and O–H groups in total. The molecule has 0 aliphatic heterocycles. The van der Waals surface area contributed by atoms with E-state index < -0.39 is 0 Å². The summed E-state index contributed by atoms with van der Waals surface area (Å²) in [6, 6.07) is 0. The van der Waals surface area contributed by atoms with Gasteiger partial charge in [-0.15, -0.1) is 0 Å². The van der Waals surface area contributed by atoms with Gasteiger partial charge in [0.05, 0.1) is 6.54 Å². The van der Waals surface area contributed by atoms with Crippen molar-refractivity contribution in [2.24, 2.45) is 5.73 Å². The molecule has 5 nitrogen and oxygen atoms in total. The highest BCUT2D eigenvalue weighted by Gasteiger charge is 2.32. The second-order valence-corrected chi connectivity index (χ2v) is 5.05. The molecule has 0 aliphatic carbocycles. The molecule has 0 atom stereocenters. The van der Waals surface area contributed by atoms with E-state index in [-0.39, 0.29) is 5.54 Å². The zero-order valence-corrected chi connectivity index (χ0v) is 12.9. The summed E-state index contributed by atoms with van der Waals surface area (Å²) in [6.07, 6.45) is 4.91. The maximum atomic E-state index is 6.07. The summed E-state index contributed by atoms with van der Waals surface area (Å²) in [6.45, 7) is 12.2. The molecule has 0 aliphatic rings. The lowest BCUT2D eigenvalue weighted by atomic mass is 9.90. The lowest BCUT2D eigenvalue weighted by molar-refractivity contribution is 0.0724. The SMILES string of the molecule is CCCN(Cc1ncnn1CC)C(CC)(CC)CN. The first-order valence-electron chi connectivity index (χ1n) is 7.49. The summed E-state index contributed by atoms with van der Waals surface area (Å²) in [5, 5.41) is 4.26. The van der Waals surface area contributed by atoms with Crippen molar-refractivity contribution in [3.05, 3.63) is 12.2 Å². The lowest BCUT2D eigenvalue weighted by Gasteiger charge is -2.42. The molecule has 1 aromatic heterocycles. The molecule has 0 fully saturated rings. The number of hydrogen-bond acceptors (Lipinski definition) is 4. The number of nitrogens with zero attached hydrogens (tertiary/aromatic N) is 4. The second-order valence-electron chi connectivity index (χ2n) is 5.05. The maximum Gasteiger partial charge on any atom is 0.141 e. The summed E-state index contributed by atoms with van der Waals surface area (Å²) in [5.74, 6) is 1.04. The Bertz CT molecular complexity index is 348. The fourth-order valence-corrected chi connectivity index (χ4v) is 2.71. The van der Waals surface area contributed by atoms with Crippen LogP contribution in [0, 0.1) is 0 Å². The number of aromatic nitrogens is 3. The van der Waals surface area contributed by atoms with Crippen LogP contribution in [0.4, 0.5) is 0 Å². The number of aryl methyl sites for hydroxylation is 1. The molecule has 0 saturated heterocycles. The highest BCUT2D eigenvalue weighted by Crippen LogP contribution is 2.25. The summed E-state index contributed by atoms with van der Waals surface area (Å²) >= 11 is 0. The zero-order valence-electron chi connectivity index (χ0n) is 12.9. The van der Waals surface area contributed by atoms with E-state index >= 15 is 0 Å². The van der Waals surface area contributed by atoms with Gasteiger partial charge in [-0.05, 0) is 32.7 Å². The van der Waals surface area contributed by atoms with Crippen molar-refractivity contribution in [1.82, 2.24) is 19.7 Å². The minimum atomic E-state index is 0.0839. The molecule has 1 rings (SSSR count). The molecule has 0 amide bonds. The average Bonchev–Trinajstić information content (AvgIpc) is 2.89. The predicted molar refractivity (Wildman–Crippen MR) is 78.8 cm³/mol. The van der Waals surface area contributed by atoms with E-state index in [1.165, 1.54) is 0 Å². The highest BCUT2D eigenvalue weighted by molar-refractivity contribution is 4.94. The van der Waals surface area contributed by atoms with Crippen LogP contribution in [0.1, 0.15) is 52.8 Å². The van der Waals surface area contributed by atoms with Crippen molar-refractivity contribution in [3.8, 4) is 0 Å². The van der Waals surface area contributed by atoms with Crippen molar-refractivity contribution in [2.45, 2.75) is 65.6 Å². The maximum absolute atomic E-state index is 6.07. The van der Waals surface area contributed by atoms with Gasteiger partial charge >= 0.3 is 0 Å². The predicted octanol–water partition coefficient (Wildman–Crippen LogP) is 2.03. The van der Waals surface area contributed by atoms with E-state index in [0.717, 1.165) is 44.7 Å². The van der Waals surface area contributed by atoms with Gasteiger partial charge in [0.1, 0.15) is 12.2 Å². The number of hydrogen-bond donors (Lipinski definition) is 1. The van der Waals surface area contributed by atoms with Gasteiger partial charge in [0, 0.05) is 18.6 Å². The molecule has 0 bridgehead atoms. The van der Waals surface area contributed by atoms with Crippen molar-refractivity contribution >= 4 is 0 Å². The van der Waals surface area contributed by atoms with Gasteiger partial charge in [-0.25, -0.2) is 9.67 Å². The summed E-state index contributed by atoms with van der Waals surface area (Å²) in [7, 11) is 0. The molecular formula is C14H29N5. The van der Waals surface area contributed by atoms with E-state index in [4.69, 9.17) is 5.73 Å². The van der Waals surface area contributed by atoms with E-state index in [1.54, 1.807) is 6.33 Å². The Labute approximate surface area is 117 Å². The molecule has 0 spiro atoms. The van der Waals surface area contributed by atoms with E-state index in [2.05, 4.69) is 42.7 Å². The minimum Gasteiger partial charge on any atom is -0.329 e. The molecule has 0 unspecified atom stereocenters. The smallest absolute Gasteiger partial charge is 0.141 e. The van der Waals surface area contributed by atoms with Crippen molar-refractivity contribution < 1.29 is 0 Å². The van der Waals surface area contributed by atoms with Crippen LogP contribution >= 0.6 is 0 Å². The molecule has 19 heavy (non-hydrogen) atoms. The Morgan fingerprint density at radius 3 is 2.42 bits per heavy atom. The van der Waals surface area contributed by atoms with Gasteiger partial charge in [0.25, 0.3) is 0 Å². The third-order valence-corrected chi connectivity index (χ3v) is 4.19. The van der Waals surface area contributed by atoms with Crippen LogP contribution in [-0.4, -0.2) is 38.3 Å². The van der Waals surface area contributed by atoms with Crippen molar-refractivity contribution in [3.63, 3.8) is 0 Å². The first kappa shape index (κ1) is 16.1. The Balaban J connectivity index is 2.94. The molecule has 0 radical (unpaired) electrons. The highest BCUT2D eigenvalue weighted by atomic mass is 15.4. The molecule has 5 heteroatoms. The van der Waals surface area contributed by atoms with Gasteiger partial charge in [0.15, 0.2) is 0 Å². The first-order valence-corrected chi connectivity index (χ1v) is 7.49. The normalized spacial score (nSPS) is 12.3. The topological polar surface area (TPSA) is 60.0 Å². The van der Waals surface area contributed by atoms with Crippen molar-refractivity contribution in [2.75, 3.05) is 13.1 Å². The molecule has 0 saturated carbocycles. The number of rotatable bonds is 9. The molecular weight excluding hydrogens is 238 g/mol.